The van der Waals surface area contributed by atoms with E-state index in [1.807, 2.05) is 13.8 Å². The summed E-state index contributed by atoms with van der Waals surface area (Å²) in [5, 5.41) is 12.0. The van der Waals surface area contributed by atoms with Crippen molar-refractivity contribution in [1.29, 1.82) is 5.26 Å². The fraction of sp³-hybridized carbons (Fsp3) is 0.500. The van der Waals surface area contributed by atoms with Gasteiger partial charge in [-0.3, -0.25) is 0 Å². The molecular formula is C14H19FN2O. The fourth-order valence-electron chi connectivity index (χ4n) is 1.70. The number of hydrogen-bond acceptors (Lipinski definition) is 3. The van der Waals surface area contributed by atoms with Crippen LogP contribution in [0.5, 0.6) is 5.75 Å². The summed E-state index contributed by atoms with van der Waals surface area (Å²) in [6.45, 7) is 5.38. The molecule has 1 aromatic carbocycles. The molecule has 0 aliphatic rings. The minimum Gasteiger partial charge on any atom is -0.491 e. The van der Waals surface area contributed by atoms with Crippen molar-refractivity contribution in [1.82, 2.24) is 5.32 Å². The van der Waals surface area contributed by atoms with Crippen LogP contribution in [0.1, 0.15) is 25.8 Å². The molecule has 1 N–H and O–H groups in total. The van der Waals surface area contributed by atoms with E-state index in [1.54, 1.807) is 26.1 Å². The maximum atomic E-state index is 13.4. The van der Waals surface area contributed by atoms with Crippen LogP contribution in [0, 0.1) is 24.1 Å². The van der Waals surface area contributed by atoms with Gasteiger partial charge in [-0.05, 0) is 39.4 Å². The second-order valence-corrected chi connectivity index (χ2v) is 4.74. The van der Waals surface area contributed by atoms with E-state index in [4.69, 9.17) is 10.00 Å². The summed E-state index contributed by atoms with van der Waals surface area (Å²) in [7, 11) is 1.74. The molecule has 4 heteroatoms. The average molecular weight is 250 g/mol. The summed E-state index contributed by atoms with van der Waals surface area (Å²) < 4.78 is 19.0. The van der Waals surface area contributed by atoms with Crippen LogP contribution in [0.25, 0.3) is 0 Å². The molecule has 18 heavy (non-hydrogen) atoms. The standard InChI is InChI=1S/C14H19FN2O/c1-10-5-6-12(7-13(10)15)18-11(2)8-14(3,9-16)17-4/h5-7,11,17H,8H2,1-4H3. The highest BCUT2D eigenvalue weighted by Gasteiger charge is 2.25. The van der Waals surface area contributed by atoms with Gasteiger partial charge in [-0.1, -0.05) is 6.07 Å². The molecule has 2 unspecified atom stereocenters. The van der Waals surface area contributed by atoms with E-state index in [0.717, 1.165) is 0 Å². The van der Waals surface area contributed by atoms with E-state index < -0.39 is 5.54 Å². The Morgan fingerprint density at radius 2 is 2.22 bits per heavy atom. The molecular weight excluding hydrogens is 231 g/mol. The zero-order valence-electron chi connectivity index (χ0n) is 11.2. The first kappa shape index (κ1) is 14.5. The predicted octanol–water partition coefficient (Wildman–Crippen LogP) is 2.79. The Labute approximate surface area is 108 Å². The van der Waals surface area contributed by atoms with Gasteiger partial charge in [-0.25, -0.2) is 4.39 Å². The molecule has 1 rings (SSSR count). The molecule has 0 spiro atoms. The summed E-state index contributed by atoms with van der Waals surface area (Å²) in [6, 6.07) is 6.98. The minimum atomic E-state index is -0.636. The van der Waals surface area contributed by atoms with E-state index in [2.05, 4.69) is 11.4 Å². The number of nitrogens with zero attached hydrogens (tertiary/aromatic N) is 1. The Bertz CT molecular complexity index is 456. The molecule has 3 nitrogen and oxygen atoms in total. The third-order valence-electron chi connectivity index (χ3n) is 2.97. The van der Waals surface area contributed by atoms with Crippen molar-refractivity contribution in [2.24, 2.45) is 0 Å². The van der Waals surface area contributed by atoms with Gasteiger partial charge in [0.05, 0.1) is 12.2 Å². The number of aryl methyl sites for hydroxylation is 1. The van der Waals surface area contributed by atoms with Crippen molar-refractivity contribution >= 4 is 0 Å². The van der Waals surface area contributed by atoms with Gasteiger partial charge in [-0.15, -0.1) is 0 Å². The third kappa shape index (κ3) is 3.71. The molecule has 0 saturated heterocycles. The van der Waals surface area contributed by atoms with Crippen molar-refractivity contribution in [3.8, 4) is 11.8 Å². The number of rotatable bonds is 5. The van der Waals surface area contributed by atoms with Gasteiger partial charge in [-0.2, -0.15) is 5.26 Å². The first-order valence-corrected chi connectivity index (χ1v) is 5.93. The predicted molar refractivity (Wildman–Crippen MR) is 68.9 cm³/mol. The number of hydrogen-bond donors (Lipinski definition) is 1. The maximum absolute atomic E-state index is 13.4. The summed E-state index contributed by atoms with van der Waals surface area (Å²) in [6.07, 6.45) is 0.347. The van der Waals surface area contributed by atoms with Gasteiger partial charge >= 0.3 is 0 Å². The Balaban J connectivity index is 2.68. The molecule has 0 aromatic heterocycles. The molecule has 0 fully saturated rings. The average Bonchev–Trinajstić information content (AvgIpc) is 2.33. The van der Waals surface area contributed by atoms with Crippen LogP contribution in [0.15, 0.2) is 18.2 Å². The lowest BCUT2D eigenvalue weighted by Gasteiger charge is -2.25. The van der Waals surface area contributed by atoms with Crippen molar-refractivity contribution in [2.45, 2.75) is 38.8 Å². The molecule has 2 atom stereocenters. The van der Waals surface area contributed by atoms with E-state index in [9.17, 15) is 4.39 Å². The highest BCUT2D eigenvalue weighted by molar-refractivity contribution is 5.28. The summed E-state index contributed by atoms with van der Waals surface area (Å²) in [5.41, 5.74) is -0.0464. The molecule has 0 saturated carbocycles. The molecule has 0 heterocycles. The zero-order valence-corrected chi connectivity index (χ0v) is 11.2. The molecule has 0 bridgehead atoms. The van der Waals surface area contributed by atoms with Crippen LogP contribution < -0.4 is 10.1 Å². The number of nitrogens with one attached hydrogen (secondary N) is 1. The minimum absolute atomic E-state index is 0.177. The summed E-state index contributed by atoms with van der Waals surface area (Å²) in [5.74, 6) is 0.207. The number of nitriles is 1. The fourth-order valence-corrected chi connectivity index (χ4v) is 1.70. The lowest BCUT2D eigenvalue weighted by atomic mass is 9.97. The van der Waals surface area contributed by atoms with Crippen LogP contribution in [0.4, 0.5) is 4.39 Å². The monoisotopic (exact) mass is 250 g/mol. The smallest absolute Gasteiger partial charge is 0.129 e. The molecule has 98 valence electrons. The van der Waals surface area contributed by atoms with Crippen LogP contribution in [-0.4, -0.2) is 18.7 Å². The van der Waals surface area contributed by atoms with Crippen LogP contribution >= 0.6 is 0 Å². The Kier molecular flexibility index (Phi) is 4.69. The van der Waals surface area contributed by atoms with E-state index in [0.29, 0.717) is 17.7 Å². The Morgan fingerprint density at radius 1 is 1.56 bits per heavy atom. The van der Waals surface area contributed by atoms with E-state index >= 15 is 0 Å². The Hall–Kier alpha value is -1.60. The first-order chi connectivity index (χ1) is 8.40. The maximum Gasteiger partial charge on any atom is 0.129 e. The Morgan fingerprint density at radius 3 is 2.72 bits per heavy atom. The summed E-state index contributed by atoms with van der Waals surface area (Å²) >= 11 is 0. The molecule has 0 aliphatic carbocycles. The third-order valence-corrected chi connectivity index (χ3v) is 2.97. The van der Waals surface area contributed by atoms with Gasteiger partial charge in [0.2, 0.25) is 0 Å². The number of ether oxygens (including phenoxy) is 1. The molecule has 0 amide bonds. The molecule has 1 aromatic rings. The van der Waals surface area contributed by atoms with Crippen molar-refractivity contribution < 1.29 is 9.13 Å². The van der Waals surface area contributed by atoms with Crippen molar-refractivity contribution in [3.63, 3.8) is 0 Å². The second kappa shape index (κ2) is 5.83. The lowest BCUT2D eigenvalue weighted by molar-refractivity contribution is 0.182. The highest BCUT2D eigenvalue weighted by atomic mass is 19.1. The highest BCUT2D eigenvalue weighted by Crippen LogP contribution is 2.20. The van der Waals surface area contributed by atoms with E-state index in [-0.39, 0.29) is 11.9 Å². The van der Waals surface area contributed by atoms with Gasteiger partial charge in [0.15, 0.2) is 0 Å². The number of halogens is 1. The van der Waals surface area contributed by atoms with Gasteiger partial charge in [0.25, 0.3) is 0 Å². The largest absolute Gasteiger partial charge is 0.491 e. The van der Waals surface area contributed by atoms with Gasteiger partial charge in [0.1, 0.15) is 17.1 Å². The topological polar surface area (TPSA) is 45.0 Å². The van der Waals surface area contributed by atoms with Gasteiger partial charge < -0.3 is 10.1 Å². The zero-order chi connectivity index (χ0) is 13.8. The van der Waals surface area contributed by atoms with E-state index in [1.165, 1.54) is 6.07 Å². The van der Waals surface area contributed by atoms with Crippen LogP contribution in [-0.2, 0) is 0 Å². The summed E-state index contributed by atoms with van der Waals surface area (Å²) in [4.78, 5) is 0. The number of benzene rings is 1. The quantitative estimate of drug-likeness (QED) is 0.874. The normalized spacial score (nSPS) is 15.6. The van der Waals surface area contributed by atoms with Crippen molar-refractivity contribution in [3.05, 3.63) is 29.6 Å². The van der Waals surface area contributed by atoms with Crippen LogP contribution in [0.2, 0.25) is 0 Å². The second-order valence-electron chi connectivity index (χ2n) is 4.74. The molecule has 0 aliphatic heterocycles. The van der Waals surface area contributed by atoms with Crippen LogP contribution in [0.3, 0.4) is 0 Å². The van der Waals surface area contributed by atoms with Crippen molar-refractivity contribution in [2.75, 3.05) is 7.05 Å². The lowest BCUT2D eigenvalue weighted by Crippen LogP contribution is -2.41. The SMILES string of the molecule is CNC(C)(C#N)CC(C)Oc1ccc(C)c(F)c1. The van der Waals surface area contributed by atoms with Gasteiger partial charge in [0, 0.05) is 12.5 Å². The molecule has 0 radical (unpaired) electrons. The first-order valence-electron chi connectivity index (χ1n) is 5.93.